The van der Waals surface area contributed by atoms with Crippen LogP contribution in [0.5, 0.6) is 0 Å². The third-order valence-electron chi connectivity index (χ3n) is 2.40. The molecule has 0 bridgehead atoms. The van der Waals surface area contributed by atoms with Gasteiger partial charge in [-0.2, -0.15) is 18.3 Å². The van der Waals surface area contributed by atoms with E-state index in [0.29, 0.717) is 11.4 Å². The van der Waals surface area contributed by atoms with Crippen LogP contribution < -0.4 is 5.32 Å². The Morgan fingerprint density at radius 3 is 2.52 bits per heavy atom. The van der Waals surface area contributed by atoms with Crippen molar-refractivity contribution in [3.63, 3.8) is 0 Å². The first kappa shape index (κ1) is 20.3. The van der Waals surface area contributed by atoms with E-state index in [-0.39, 0.29) is 6.54 Å². The summed E-state index contributed by atoms with van der Waals surface area (Å²) >= 11 is 5.01. The van der Waals surface area contributed by atoms with Crippen LogP contribution in [-0.2, 0) is 16.1 Å². The van der Waals surface area contributed by atoms with Crippen molar-refractivity contribution >= 4 is 23.5 Å². The van der Waals surface area contributed by atoms with Gasteiger partial charge >= 0.3 is 12.1 Å². The van der Waals surface area contributed by atoms with Gasteiger partial charge in [0.2, 0.25) is 0 Å². The van der Waals surface area contributed by atoms with Gasteiger partial charge in [0.25, 0.3) is 11.5 Å². The number of alkyl halides is 5. The molecule has 2 rings (SSSR count). The van der Waals surface area contributed by atoms with Gasteiger partial charge in [-0.05, 0) is 6.07 Å². The molecule has 2 aromatic heterocycles. The first-order valence-electron chi connectivity index (χ1n) is 6.27. The molecule has 0 spiro atoms. The number of carboxylic acid groups (broad SMARTS) is 1. The molecule has 1 unspecified atom stereocenters. The summed E-state index contributed by atoms with van der Waals surface area (Å²) in [5.74, 6) is -3.13. The Balaban J connectivity index is 0.000000381. The van der Waals surface area contributed by atoms with Gasteiger partial charge < -0.3 is 10.4 Å². The van der Waals surface area contributed by atoms with Gasteiger partial charge in [0, 0.05) is 18.3 Å². The summed E-state index contributed by atoms with van der Waals surface area (Å²) in [6, 6.07) is 3.45. The van der Waals surface area contributed by atoms with Gasteiger partial charge in [0.1, 0.15) is 12.7 Å². The number of aliphatic carboxylic acids is 1. The van der Waals surface area contributed by atoms with Gasteiger partial charge in [-0.1, -0.05) is 17.7 Å². The van der Waals surface area contributed by atoms with E-state index in [0.717, 1.165) is 0 Å². The Morgan fingerprint density at radius 1 is 1.40 bits per heavy atom. The highest BCUT2D eigenvalue weighted by atomic mass is 35.5. The molecule has 2 heterocycles. The van der Waals surface area contributed by atoms with Crippen LogP contribution in [-0.4, -0.2) is 48.5 Å². The number of nitrogens with one attached hydrogen (secondary N) is 1. The summed E-state index contributed by atoms with van der Waals surface area (Å²) in [6.07, 6.45) is -0.650. The lowest BCUT2D eigenvalue weighted by molar-refractivity contribution is -0.192. The fraction of sp³-hybridized carbons (Fsp3) is 0.250. The highest BCUT2D eigenvalue weighted by Crippen LogP contribution is 2.13. The number of carbonyl (C=O) groups is 2. The van der Waals surface area contributed by atoms with Crippen molar-refractivity contribution in [2.24, 2.45) is 0 Å². The van der Waals surface area contributed by atoms with Crippen molar-refractivity contribution in [2.45, 2.75) is 18.4 Å². The highest BCUT2D eigenvalue weighted by molar-refractivity contribution is 6.29. The molecular formula is C12H10ClF4N5O3. The zero-order valence-corrected chi connectivity index (χ0v) is 12.9. The van der Waals surface area contributed by atoms with E-state index in [1.54, 1.807) is 18.3 Å². The lowest BCUT2D eigenvalue weighted by Gasteiger charge is -2.09. The van der Waals surface area contributed by atoms with E-state index in [4.69, 9.17) is 21.5 Å². The number of carboxylic acids is 1. The minimum atomic E-state index is -5.08. The minimum Gasteiger partial charge on any atom is -0.475 e. The highest BCUT2D eigenvalue weighted by Gasteiger charge is 2.38. The van der Waals surface area contributed by atoms with Crippen molar-refractivity contribution in [3.05, 3.63) is 36.5 Å². The summed E-state index contributed by atoms with van der Waals surface area (Å²) in [4.78, 5) is 27.9. The molecule has 136 valence electrons. The Kier molecular flexibility index (Phi) is 7.23. The average Bonchev–Trinajstić information content (AvgIpc) is 3.06. The number of hydrogen-bond donors (Lipinski definition) is 2. The van der Waals surface area contributed by atoms with Crippen molar-refractivity contribution < 1.29 is 32.3 Å². The number of carbonyl (C=O) groups excluding carboxylic acids is 1. The summed E-state index contributed by atoms with van der Waals surface area (Å²) < 4.78 is 45.7. The largest absolute Gasteiger partial charge is 0.490 e. The number of nitrogens with zero attached hydrogens (tertiary/aromatic N) is 4. The van der Waals surface area contributed by atoms with E-state index >= 15 is 0 Å². The van der Waals surface area contributed by atoms with Gasteiger partial charge in [-0.25, -0.2) is 23.8 Å². The van der Waals surface area contributed by atoms with Crippen molar-refractivity contribution in [1.29, 1.82) is 0 Å². The molecule has 0 radical (unpaired) electrons. The summed E-state index contributed by atoms with van der Waals surface area (Å²) in [5, 5.41) is 13.4. The second-order valence-corrected chi connectivity index (χ2v) is 4.53. The van der Waals surface area contributed by atoms with Crippen molar-refractivity contribution in [2.75, 3.05) is 0 Å². The van der Waals surface area contributed by atoms with E-state index in [1.165, 1.54) is 17.3 Å². The van der Waals surface area contributed by atoms with Gasteiger partial charge in [0.15, 0.2) is 5.82 Å². The van der Waals surface area contributed by atoms with Gasteiger partial charge in [-0.15, -0.1) is 0 Å². The molecule has 0 aromatic carbocycles. The maximum Gasteiger partial charge on any atom is 0.490 e. The number of halogens is 5. The molecule has 8 nitrogen and oxygen atoms in total. The van der Waals surface area contributed by atoms with Crippen molar-refractivity contribution in [3.8, 4) is 5.82 Å². The zero-order chi connectivity index (χ0) is 19.0. The predicted octanol–water partition coefficient (Wildman–Crippen LogP) is 1.45. The Hall–Kier alpha value is -2.76. The Labute approximate surface area is 142 Å². The topological polar surface area (TPSA) is 110 Å². The second-order valence-electron chi connectivity index (χ2n) is 4.15. The van der Waals surface area contributed by atoms with E-state index in [1.807, 2.05) is 0 Å². The van der Waals surface area contributed by atoms with Crippen molar-refractivity contribution in [1.82, 2.24) is 25.1 Å². The molecule has 25 heavy (non-hydrogen) atoms. The van der Waals surface area contributed by atoms with Crippen LogP contribution in [0.2, 0.25) is 0 Å². The van der Waals surface area contributed by atoms with Crippen LogP contribution >= 0.6 is 11.6 Å². The van der Waals surface area contributed by atoms with E-state index in [2.05, 4.69) is 20.4 Å². The Morgan fingerprint density at radius 2 is 2.04 bits per heavy atom. The number of rotatable bonds is 4. The van der Waals surface area contributed by atoms with Gasteiger partial charge in [-0.3, -0.25) is 4.79 Å². The number of amides is 1. The molecule has 1 atom stereocenters. The molecule has 2 N–H and O–H groups in total. The maximum atomic E-state index is 12.5. The molecule has 1 amide bonds. The second kappa shape index (κ2) is 8.92. The monoisotopic (exact) mass is 383 g/mol. The third kappa shape index (κ3) is 6.71. The number of aromatic nitrogens is 4. The standard InChI is InChI=1S/C10H9ClFN5O.C2HF3O2/c11-8(12)10(18)15-4-7-2-1-3-14-9(7)17-6-13-5-16-17;3-2(4,5)1(6)7/h1-3,5-6,8H,4H2,(H,15,18);(H,6,7). The number of hydrogen-bond acceptors (Lipinski definition) is 5. The molecule has 0 aliphatic heterocycles. The van der Waals surface area contributed by atoms with Crippen LogP contribution in [0.15, 0.2) is 31.0 Å². The molecular weight excluding hydrogens is 374 g/mol. The van der Waals surface area contributed by atoms with E-state index < -0.39 is 23.7 Å². The first-order chi connectivity index (χ1) is 11.6. The summed E-state index contributed by atoms with van der Waals surface area (Å²) in [7, 11) is 0. The minimum absolute atomic E-state index is 0.106. The molecule has 0 saturated heterocycles. The summed E-state index contributed by atoms with van der Waals surface area (Å²) in [5.41, 5.74) is -1.38. The molecule has 0 aliphatic rings. The predicted molar refractivity (Wildman–Crippen MR) is 75.4 cm³/mol. The SMILES string of the molecule is O=C(NCc1cccnc1-n1cncn1)C(F)Cl.O=C(O)C(F)(F)F. The molecule has 2 aromatic rings. The van der Waals surface area contributed by atoms with Crippen LogP contribution in [0.25, 0.3) is 5.82 Å². The van der Waals surface area contributed by atoms with Crippen LogP contribution in [0.1, 0.15) is 5.56 Å². The number of pyridine rings is 1. The fourth-order valence-corrected chi connectivity index (χ4v) is 1.43. The smallest absolute Gasteiger partial charge is 0.475 e. The van der Waals surface area contributed by atoms with Gasteiger partial charge in [0.05, 0.1) is 0 Å². The molecule has 0 aliphatic carbocycles. The molecule has 0 fully saturated rings. The quantitative estimate of drug-likeness (QED) is 0.610. The maximum absolute atomic E-state index is 12.5. The average molecular weight is 384 g/mol. The fourth-order valence-electron chi connectivity index (χ4n) is 1.35. The normalized spacial score (nSPS) is 11.9. The Bertz CT molecular complexity index is 709. The third-order valence-corrected chi connectivity index (χ3v) is 2.60. The lowest BCUT2D eigenvalue weighted by Crippen LogP contribution is -2.29. The molecule has 13 heteroatoms. The summed E-state index contributed by atoms with van der Waals surface area (Å²) in [6.45, 7) is 0.106. The van der Waals surface area contributed by atoms with Crippen LogP contribution in [0.4, 0.5) is 17.6 Å². The van der Waals surface area contributed by atoms with Crippen LogP contribution in [0.3, 0.4) is 0 Å². The van der Waals surface area contributed by atoms with E-state index in [9.17, 15) is 22.4 Å². The molecule has 0 saturated carbocycles. The lowest BCUT2D eigenvalue weighted by atomic mass is 10.2. The first-order valence-corrected chi connectivity index (χ1v) is 6.71. The van der Waals surface area contributed by atoms with Crippen LogP contribution in [0, 0.1) is 0 Å². The zero-order valence-electron chi connectivity index (χ0n) is 12.1.